The van der Waals surface area contributed by atoms with Crippen LogP contribution in [0.2, 0.25) is 0 Å². The second-order valence-corrected chi connectivity index (χ2v) is 5.76. The number of anilines is 1. The van der Waals surface area contributed by atoms with Crippen LogP contribution < -0.4 is 9.64 Å². The van der Waals surface area contributed by atoms with E-state index in [1.54, 1.807) is 24.3 Å². The van der Waals surface area contributed by atoms with Crippen LogP contribution in [0.1, 0.15) is 12.7 Å². The number of carbonyl (C=O) groups is 1. The van der Waals surface area contributed by atoms with Gasteiger partial charge in [-0.3, -0.25) is 9.69 Å². The number of nitrogens with zero attached hydrogens (tertiary/aromatic N) is 2. The lowest BCUT2D eigenvalue weighted by molar-refractivity contribution is -0.116. The standard InChI is InChI=1S/C17H16N2O3S/c1-12(20)19(10-15-4-3-9-22-15)17-18-16(11-23-17)13-5-7-14(21-2)8-6-13/h3-9,11H,10H2,1-2H3. The molecular weight excluding hydrogens is 312 g/mol. The summed E-state index contributed by atoms with van der Waals surface area (Å²) < 4.78 is 10.5. The molecule has 1 aromatic carbocycles. The number of rotatable bonds is 5. The lowest BCUT2D eigenvalue weighted by Gasteiger charge is -2.16. The van der Waals surface area contributed by atoms with Crippen LogP contribution in [0.15, 0.2) is 52.5 Å². The number of methoxy groups -OCH3 is 1. The molecule has 5 nitrogen and oxygen atoms in total. The van der Waals surface area contributed by atoms with Gasteiger partial charge in [-0.2, -0.15) is 0 Å². The summed E-state index contributed by atoms with van der Waals surface area (Å²) in [6.45, 7) is 1.90. The first-order valence-corrected chi connectivity index (χ1v) is 7.96. The van der Waals surface area contributed by atoms with Crippen molar-refractivity contribution in [1.82, 2.24) is 4.98 Å². The van der Waals surface area contributed by atoms with E-state index in [0.29, 0.717) is 11.7 Å². The van der Waals surface area contributed by atoms with Gasteiger partial charge in [-0.1, -0.05) is 0 Å². The molecule has 0 atom stereocenters. The Morgan fingerprint density at radius 2 is 2.09 bits per heavy atom. The van der Waals surface area contributed by atoms with Gasteiger partial charge in [0.25, 0.3) is 0 Å². The zero-order chi connectivity index (χ0) is 16.2. The van der Waals surface area contributed by atoms with E-state index >= 15 is 0 Å². The van der Waals surface area contributed by atoms with Crippen LogP contribution in [0.5, 0.6) is 5.75 Å². The van der Waals surface area contributed by atoms with E-state index in [0.717, 1.165) is 22.8 Å². The molecule has 0 fully saturated rings. The largest absolute Gasteiger partial charge is 0.497 e. The van der Waals surface area contributed by atoms with Gasteiger partial charge < -0.3 is 9.15 Å². The number of furan rings is 1. The molecule has 0 saturated heterocycles. The van der Waals surface area contributed by atoms with Crippen molar-refractivity contribution in [2.24, 2.45) is 0 Å². The molecule has 0 spiro atoms. The second kappa shape index (κ2) is 6.66. The third kappa shape index (κ3) is 3.43. The number of amides is 1. The third-order valence-electron chi connectivity index (χ3n) is 3.38. The van der Waals surface area contributed by atoms with Gasteiger partial charge in [0.05, 0.1) is 25.6 Å². The first-order valence-electron chi connectivity index (χ1n) is 7.08. The number of benzene rings is 1. The lowest BCUT2D eigenvalue weighted by atomic mass is 10.2. The Morgan fingerprint density at radius 3 is 2.70 bits per heavy atom. The van der Waals surface area contributed by atoms with E-state index in [2.05, 4.69) is 4.98 Å². The highest BCUT2D eigenvalue weighted by Gasteiger charge is 2.17. The smallest absolute Gasteiger partial charge is 0.226 e. The molecule has 0 aliphatic rings. The molecule has 3 rings (SSSR count). The van der Waals surface area contributed by atoms with E-state index < -0.39 is 0 Å². The summed E-state index contributed by atoms with van der Waals surface area (Å²) in [5.41, 5.74) is 1.81. The Bertz CT molecular complexity index is 779. The van der Waals surface area contributed by atoms with E-state index in [4.69, 9.17) is 9.15 Å². The van der Waals surface area contributed by atoms with Crippen LogP contribution in [0.3, 0.4) is 0 Å². The number of hydrogen-bond acceptors (Lipinski definition) is 5. The molecule has 6 heteroatoms. The van der Waals surface area contributed by atoms with Crippen molar-refractivity contribution in [3.05, 3.63) is 53.8 Å². The van der Waals surface area contributed by atoms with Gasteiger partial charge in [0, 0.05) is 17.9 Å². The van der Waals surface area contributed by atoms with Gasteiger partial charge in [-0.15, -0.1) is 11.3 Å². The van der Waals surface area contributed by atoms with Crippen LogP contribution in [0.4, 0.5) is 5.13 Å². The summed E-state index contributed by atoms with van der Waals surface area (Å²) in [5, 5.41) is 2.59. The van der Waals surface area contributed by atoms with E-state index in [1.807, 2.05) is 35.7 Å². The molecule has 0 N–H and O–H groups in total. The van der Waals surface area contributed by atoms with Crippen LogP contribution in [-0.2, 0) is 11.3 Å². The van der Waals surface area contributed by atoms with Crippen molar-refractivity contribution in [3.8, 4) is 17.0 Å². The van der Waals surface area contributed by atoms with E-state index in [9.17, 15) is 4.79 Å². The maximum absolute atomic E-state index is 11.9. The molecule has 2 aromatic heterocycles. The molecule has 0 unspecified atom stereocenters. The highest BCUT2D eigenvalue weighted by atomic mass is 32.1. The summed E-state index contributed by atoms with van der Waals surface area (Å²) >= 11 is 1.43. The first kappa shape index (κ1) is 15.3. The highest BCUT2D eigenvalue weighted by molar-refractivity contribution is 7.14. The molecule has 1 amide bonds. The highest BCUT2D eigenvalue weighted by Crippen LogP contribution is 2.29. The Kier molecular flexibility index (Phi) is 4.43. The SMILES string of the molecule is COc1ccc(-c2csc(N(Cc3ccco3)C(C)=O)n2)cc1. The van der Waals surface area contributed by atoms with Gasteiger partial charge in [0.2, 0.25) is 5.91 Å². The summed E-state index contributed by atoms with van der Waals surface area (Å²) in [6, 6.07) is 11.3. The number of aromatic nitrogens is 1. The van der Waals surface area contributed by atoms with Crippen molar-refractivity contribution in [2.75, 3.05) is 12.0 Å². The summed E-state index contributed by atoms with van der Waals surface area (Å²) in [7, 11) is 1.63. The Morgan fingerprint density at radius 1 is 1.30 bits per heavy atom. The minimum atomic E-state index is -0.0722. The summed E-state index contributed by atoms with van der Waals surface area (Å²) in [4.78, 5) is 18.1. The van der Waals surface area contributed by atoms with Crippen LogP contribution in [0, 0.1) is 0 Å². The molecule has 0 radical (unpaired) electrons. The minimum absolute atomic E-state index is 0.0722. The summed E-state index contributed by atoms with van der Waals surface area (Å²) in [6.07, 6.45) is 1.60. The van der Waals surface area contributed by atoms with Gasteiger partial charge in [-0.05, 0) is 36.4 Å². The maximum atomic E-state index is 11.9. The molecule has 2 heterocycles. The quantitative estimate of drug-likeness (QED) is 0.711. The molecule has 0 bridgehead atoms. The van der Waals surface area contributed by atoms with Crippen LogP contribution in [-0.4, -0.2) is 18.0 Å². The van der Waals surface area contributed by atoms with Crippen molar-refractivity contribution >= 4 is 22.4 Å². The van der Waals surface area contributed by atoms with Crippen molar-refractivity contribution in [2.45, 2.75) is 13.5 Å². The van der Waals surface area contributed by atoms with Crippen LogP contribution in [0.25, 0.3) is 11.3 Å². The predicted molar refractivity (Wildman–Crippen MR) is 89.7 cm³/mol. The Hall–Kier alpha value is -2.60. The van der Waals surface area contributed by atoms with Gasteiger partial charge in [-0.25, -0.2) is 4.98 Å². The van der Waals surface area contributed by atoms with E-state index in [1.165, 1.54) is 18.3 Å². The summed E-state index contributed by atoms with van der Waals surface area (Å²) in [5.74, 6) is 1.45. The van der Waals surface area contributed by atoms with Gasteiger partial charge in [0.1, 0.15) is 11.5 Å². The molecule has 0 saturated carbocycles. The second-order valence-electron chi connectivity index (χ2n) is 4.93. The van der Waals surface area contributed by atoms with Crippen LogP contribution >= 0.6 is 11.3 Å². The zero-order valence-corrected chi connectivity index (χ0v) is 13.7. The number of carbonyl (C=O) groups excluding carboxylic acids is 1. The predicted octanol–water partition coefficient (Wildman–Crippen LogP) is 3.96. The monoisotopic (exact) mass is 328 g/mol. The van der Waals surface area contributed by atoms with Gasteiger partial charge in [0.15, 0.2) is 5.13 Å². The van der Waals surface area contributed by atoms with Gasteiger partial charge >= 0.3 is 0 Å². The normalized spacial score (nSPS) is 10.5. The average Bonchev–Trinajstić information content (AvgIpc) is 3.24. The third-order valence-corrected chi connectivity index (χ3v) is 4.25. The van der Waals surface area contributed by atoms with Crippen molar-refractivity contribution < 1.29 is 13.9 Å². The number of thiazole rings is 1. The first-order chi connectivity index (χ1) is 11.2. The van der Waals surface area contributed by atoms with Crippen molar-refractivity contribution in [3.63, 3.8) is 0 Å². The topological polar surface area (TPSA) is 55.6 Å². The fourth-order valence-corrected chi connectivity index (χ4v) is 3.03. The van der Waals surface area contributed by atoms with Crippen molar-refractivity contribution in [1.29, 1.82) is 0 Å². The Balaban J connectivity index is 1.84. The molecule has 118 valence electrons. The zero-order valence-electron chi connectivity index (χ0n) is 12.9. The number of ether oxygens (including phenoxy) is 1. The molecular formula is C17H16N2O3S. The number of hydrogen-bond donors (Lipinski definition) is 0. The fourth-order valence-electron chi connectivity index (χ4n) is 2.15. The van der Waals surface area contributed by atoms with E-state index in [-0.39, 0.29) is 5.91 Å². The average molecular weight is 328 g/mol. The molecule has 23 heavy (non-hydrogen) atoms. The minimum Gasteiger partial charge on any atom is -0.497 e. The molecule has 0 aliphatic carbocycles. The molecule has 0 aliphatic heterocycles. The maximum Gasteiger partial charge on any atom is 0.226 e. The fraction of sp³-hybridized carbons (Fsp3) is 0.176. The Labute approximate surface area is 138 Å². The lowest BCUT2D eigenvalue weighted by Crippen LogP contribution is -2.27. The molecule has 3 aromatic rings.